The van der Waals surface area contributed by atoms with Gasteiger partial charge in [-0.1, -0.05) is 6.07 Å². The molecule has 0 amide bonds. The first-order chi connectivity index (χ1) is 9.19. The van der Waals surface area contributed by atoms with Gasteiger partial charge in [0.05, 0.1) is 12.8 Å². The van der Waals surface area contributed by atoms with E-state index in [-0.39, 0.29) is 0 Å². The van der Waals surface area contributed by atoms with Gasteiger partial charge in [-0.15, -0.1) is 0 Å². The minimum Gasteiger partial charge on any atom is -0.495 e. The SMILES string of the molecule is COc1ccc(CN(C)C)cc1NCc1cc[nH]c1. The molecule has 0 saturated heterocycles. The van der Waals surface area contributed by atoms with Gasteiger partial charge in [-0.25, -0.2) is 0 Å². The topological polar surface area (TPSA) is 40.3 Å². The molecule has 2 aromatic rings. The number of anilines is 1. The predicted octanol–water partition coefficient (Wildman–Crippen LogP) is 2.70. The summed E-state index contributed by atoms with van der Waals surface area (Å²) in [6.45, 7) is 1.70. The van der Waals surface area contributed by atoms with Crippen molar-refractivity contribution in [1.29, 1.82) is 0 Å². The predicted molar refractivity (Wildman–Crippen MR) is 78.5 cm³/mol. The molecular formula is C15H21N3O. The van der Waals surface area contributed by atoms with E-state index in [0.717, 1.165) is 24.5 Å². The first kappa shape index (κ1) is 13.5. The first-order valence-electron chi connectivity index (χ1n) is 6.36. The van der Waals surface area contributed by atoms with Gasteiger partial charge in [0.25, 0.3) is 0 Å². The van der Waals surface area contributed by atoms with E-state index in [1.165, 1.54) is 11.1 Å². The first-order valence-corrected chi connectivity index (χ1v) is 6.36. The quantitative estimate of drug-likeness (QED) is 0.838. The Morgan fingerprint density at radius 2 is 2.05 bits per heavy atom. The van der Waals surface area contributed by atoms with Gasteiger partial charge in [-0.2, -0.15) is 0 Å². The molecule has 0 fully saturated rings. The van der Waals surface area contributed by atoms with E-state index < -0.39 is 0 Å². The molecule has 2 rings (SSSR count). The molecular weight excluding hydrogens is 238 g/mol. The maximum absolute atomic E-state index is 5.39. The molecule has 1 aromatic carbocycles. The normalized spacial score (nSPS) is 10.7. The van der Waals surface area contributed by atoms with Crippen LogP contribution in [0.15, 0.2) is 36.7 Å². The van der Waals surface area contributed by atoms with Gasteiger partial charge >= 0.3 is 0 Å². The molecule has 1 aromatic heterocycles. The van der Waals surface area contributed by atoms with Crippen LogP contribution in [0.2, 0.25) is 0 Å². The van der Waals surface area contributed by atoms with Crippen LogP contribution < -0.4 is 10.1 Å². The van der Waals surface area contributed by atoms with E-state index in [4.69, 9.17) is 4.74 Å². The van der Waals surface area contributed by atoms with Crippen molar-refractivity contribution in [1.82, 2.24) is 9.88 Å². The molecule has 0 saturated carbocycles. The second-order valence-corrected chi connectivity index (χ2v) is 4.85. The Hall–Kier alpha value is -1.94. The number of aromatic nitrogens is 1. The molecule has 0 radical (unpaired) electrons. The minimum atomic E-state index is 0.783. The molecule has 0 atom stereocenters. The van der Waals surface area contributed by atoms with E-state index >= 15 is 0 Å². The van der Waals surface area contributed by atoms with Gasteiger partial charge in [-0.3, -0.25) is 0 Å². The van der Waals surface area contributed by atoms with Crippen molar-refractivity contribution in [2.24, 2.45) is 0 Å². The summed E-state index contributed by atoms with van der Waals surface area (Å²) in [6, 6.07) is 8.31. The van der Waals surface area contributed by atoms with E-state index in [2.05, 4.69) is 47.5 Å². The van der Waals surface area contributed by atoms with Crippen LogP contribution in [0.3, 0.4) is 0 Å². The number of hydrogen-bond acceptors (Lipinski definition) is 3. The molecule has 4 nitrogen and oxygen atoms in total. The number of methoxy groups -OCH3 is 1. The number of aromatic amines is 1. The van der Waals surface area contributed by atoms with Crippen LogP contribution >= 0.6 is 0 Å². The lowest BCUT2D eigenvalue weighted by Gasteiger charge is -2.15. The van der Waals surface area contributed by atoms with Crippen molar-refractivity contribution in [2.75, 3.05) is 26.5 Å². The number of H-pyrrole nitrogens is 1. The van der Waals surface area contributed by atoms with Crippen LogP contribution in [0.4, 0.5) is 5.69 Å². The van der Waals surface area contributed by atoms with Crippen molar-refractivity contribution in [3.05, 3.63) is 47.8 Å². The summed E-state index contributed by atoms with van der Waals surface area (Å²) in [6.07, 6.45) is 3.92. The third-order valence-electron chi connectivity index (χ3n) is 2.91. The van der Waals surface area contributed by atoms with Gasteiger partial charge in [0.15, 0.2) is 0 Å². The zero-order chi connectivity index (χ0) is 13.7. The fourth-order valence-corrected chi connectivity index (χ4v) is 2.02. The molecule has 0 unspecified atom stereocenters. The number of nitrogens with one attached hydrogen (secondary N) is 2. The number of rotatable bonds is 6. The number of nitrogens with zero attached hydrogens (tertiary/aromatic N) is 1. The average molecular weight is 259 g/mol. The summed E-state index contributed by atoms with van der Waals surface area (Å²) in [5, 5.41) is 3.42. The highest BCUT2D eigenvalue weighted by atomic mass is 16.5. The van der Waals surface area contributed by atoms with Crippen molar-refractivity contribution in [3.8, 4) is 5.75 Å². The average Bonchev–Trinajstić information content (AvgIpc) is 2.89. The fraction of sp³-hybridized carbons (Fsp3) is 0.333. The second kappa shape index (κ2) is 6.29. The Balaban J connectivity index is 2.11. The fourth-order valence-electron chi connectivity index (χ4n) is 2.02. The van der Waals surface area contributed by atoms with Gasteiger partial charge < -0.3 is 19.9 Å². The highest BCUT2D eigenvalue weighted by molar-refractivity contribution is 5.58. The molecule has 0 aliphatic heterocycles. The summed E-state index contributed by atoms with van der Waals surface area (Å²) in [4.78, 5) is 5.20. The van der Waals surface area contributed by atoms with Crippen molar-refractivity contribution >= 4 is 5.69 Å². The molecule has 4 heteroatoms. The number of ether oxygens (including phenoxy) is 1. The van der Waals surface area contributed by atoms with Gasteiger partial charge in [0, 0.05) is 25.5 Å². The summed E-state index contributed by atoms with van der Waals surface area (Å²) in [5.41, 5.74) is 3.52. The maximum Gasteiger partial charge on any atom is 0.141 e. The Morgan fingerprint density at radius 3 is 2.68 bits per heavy atom. The Kier molecular flexibility index (Phi) is 4.47. The van der Waals surface area contributed by atoms with Crippen LogP contribution in [0.5, 0.6) is 5.75 Å². The maximum atomic E-state index is 5.39. The zero-order valence-corrected chi connectivity index (χ0v) is 11.7. The van der Waals surface area contributed by atoms with Crippen LogP contribution in [0, 0.1) is 0 Å². The Morgan fingerprint density at radius 1 is 1.21 bits per heavy atom. The Labute approximate surface area is 114 Å². The molecule has 0 aliphatic rings. The van der Waals surface area contributed by atoms with Crippen molar-refractivity contribution in [2.45, 2.75) is 13.1 Å². The van der Waals surface area contributed by atoms with Crippen LogP contribution in [-0.2, 0) is 13.1 Å². The van der Waals surface area contributed by atoms with E-state index in [0.29, 0.717) is 0 Å². The molecule has 0 spiro atoms. The summed E-state index contributed by atoms with van der Waals surface area (Å²) in [7, 11) is 5.83. The minimum absolute atomic E-state index is 0.783. The number of benzene rings is 1. The summed E-state index contributed by atoms with van der Waals surface area (Å²) >= 11 is 0. The zero-order valence-electron chi connectivity index (χ0n) is 11.7. The third-order valence-corrected chi connectivity index (χ3v) is 2.91. The molecule has 0 bridgehead atoms. The molecule has 0 aliphatic carbocycles. The standard InChI is InChI=1S/C15H21N3O/c1-18(2)11-12-4-5-15(19-3)14(8-12)17-10-13-6-7-16-9-13/h4-9,16-17H,10-11H2,1-3H3. The highest BCUT2D eigenvalue weighted by Gasteiger charge is 2.05. The molecule has 19 heavy (non-hydrogen) atoms. The van der Waals surface area contributed by atoms with Crippen LogP contribution in [0.25, 0.3) is 0 Å². The summed E-state index contributed by atoms with van der Waals surface area (Å²) in [5.74, 6) is 0.873. The molecule has 102 valence electrons. The number of hydrogen-bond donors (Lipinski definition) is 2. The summed E-state index contributed by atoms with van der Waals surface area (Å²) < 4.78 is 5.39. The van der Waals surface area contributed by atoms with Gasteiger partial charge in [-0.05, 0) is 43.4 Å². The largest absolute Gasteiger partial charge is 0.495 e. The highest BCUT2D eigenvalue weighted by Crippen LogP contribution is 2.26. The second-order valence-electron chi connectivity index (χ2n) is 4.85. The van der Waals surface area contributed by atoms with Crippen LogP contribution in [0.1, 0.15) is 11.1 Å². The Bertz CT molecular complexity index is 506. The smallest absolute Gasteiger partial charge is 0.141 e. The molecule has 1 heterocycles. The lowest BCUT2D eigenvalue weighted by Crippen LogP contribution is -2.11. The lowest BCUT2D eigenvalue weighted by molar-refractivity contribution is 0.400. The van der Waals surface area contributed by atoms with Crippen molar-refractivity contribution in [3.63, 3.8) is 0 Å². The lowest BCUT2D eigenvalue weighted by atomic mass is 10.1. The van der Waals surface area contributed by atoms with Crippen LogP contribution in [-0.4, -0.2) is 31.1 Å². The van der Waals surface area contributed by atoms with Gasteiger partial charge in [0.2, 0.25) is 0 Å². The van der Waals surface area contributed by atoms with Gasteiger partial charge in [0.1, 0.15) is 5.75 Å². The van der Waals surface area contributed by atoms with E-state index in [1.807, 2.05) is 18.5 Å². The van der Waals surface area contributed by atoms with E-state index in [9.17, 15) is 0 Å². The monoisotopic (exact) mass is 259 g/mol. The van der Waals surface area contributed by atoms with E-state index in [1.54, 1.807) is 7.11 Å². The molecule has 2 N–H and O–H groups in total. The van der Waals surface area contributed by atoms with Crippen molar-refractivity contribution < 1.29 is 4.74 Å². The third kappa shape index (κ3) is 3.76.